The minimum atomic E-state index is 0.0311. The van der Waals surface area contributed by atoms with Crippen molar-refractivity contribution in [1.29, 1.82) is 0 Å². The molecule has 4 rings (SSSR count). The monoisotopic (exact) mass is 502 g/mol. The lowest BCUT2D eigenvalue weighted by molar-refractivity contribution is -0.142. The molecule has 35 heavy (non-hydrogen) atoms. The molecule has 0 aromatic carbocycles. The quantitative estimate of drug-likeness (QED) is 0.558. The van der Waals surface area contributed by atoms with E-state index in [1.165, 1.54) is 6.42 Å². The van der Waals surface area contributed by atoms with Gasteiger partial charge in [-0.25, -0.2) is 0 Å². The summed E-state index contributed by atoms with van der Waals surface area (Å²) in [5.41, 5.74) is 0.0785. The third-order valence-corrected chi connectivity index (χ3v) is 10.7. The molecule has 2 amide bonds. The fourth-order valence-electron chi connectivity index (χ4n) is 8.42. The molecule has 3 saturated carbocycles. The van der Waals surface area contributed by atoms with E-state index in [1.54, 1.807) is 6.08 Å². The number of hydrogen-bond donors (Lipinski definition) is 1. The lowest BCUT2D eigenvalue weighted by Crippen LogP contribution is -2.60. The largest absolute Gasteiger partial charge is 0.349 e. The lowest BCUT2D eigenvalue weighted by Gasteiger charge is -2.60. The van der Waals surface area contributed by atoms with Crippen LogP contribution in [0.25, 0.3) is 0 Å². The van der Waals surface area contributed by atoms with Gasteiger partial charge in [-0.2, -0.15) is 0 Å². The molecule has 0 aromatic rings. The highest BCUT2D eigenvalue weighted by atomic mass is 32.1. The van der Waals surface area contributed by atoms with Crippen molar-refractivity contribution in [3.05, 3.63) is 12.2 Å². The third-order valence-electron chi connectivity index (χ3n) is 10.4. The predicted molar refractivity (Wildman–Crippen MR) is 145 cm³/mol. The molecule has 7 heteroatoms. The summed E-state index contributed by atoms with van der Waals surface area (Å²) in [6.07, 6.45) is 11.6. The normalized spacial score (nSPS) is 38.1. The van der Waals surface area contributed by atoms with Crippen molar-refractivity contribution in [2.24, 2.45) is 34.5 Å². The molecule has 0 aromatic heterocycles. The summed E-state index contributed by atoms with van der Waals surface area (Å²) < 4.78 is 0. The summed E-state index contributed by atoms with van der Waals surface area (Å²) in [4.78, 5) is 32.2. The number of nitrogens with one attached hydrogen (secondary N) is 1. The molecular weight excluding hydrogens is 456 g/mol. The molecule has 1 heterocycles. The van der Waals surface area contributed by atoms with Crippen LogP contribution >= 0.6 is 12.2 Å². The zero-order valence-electron chi connectivity index (χ0n) is 22.7. The first kappa shape index (κ1) is 26.6. The second-order valence-electron chi connectivity index (χ2n) is 12.3. The van der Waals surface area contributed by atoms with Crippen molar-refractivity contribution < 1.29 is 9.59 Å². The average molecular weight is 503 g/mol. The number of fused-ring (bicyclic) bond motifs is 5. The zero-order valence-corrected chi connectivity index (χ0v) is 23.5. The van der Waals surface area contributed by atoms with Gasteiger partial charge in [0.25, 0.3) is 0 Å². The molecule has 0 radical (unpaired) electrons. The second-order valence-corrected chi connectivity index (χ2v) is 12.7. The fraction of sp³-hybridized carbons (Fsp3) is 0.821. The van der Waals surface area contributed by atoms with Gasteiger partial charge in [-0.1, -0.05) is 19.9 Å². The van der Waals surface area contributed by atoms with Gasteiger partial charge >= 0.3 is 0 Å². The van der Waals surface area contributed by atoms with Crippen LogP contribution in [0.3, 0.4) is 0 Å². The molecule has 196 valence electrons. The standard InChI is InChI=1S/C28H46N4O2S/c1-7-32(18-8-17-30(4)5)26(35)29-25(34)22-11-10-20-19-9-12-23-28(3,16-14-24(33)31(23)6)21(19)13-15-27(20,22)2/h14,16,19-23H,7-13,15,17-18H2,1-6H3,(H,29,34,35)/t19-,20-,21+,22?,23?,27-,28+/m0/s1. The van der Waals surface area contributed by atoms with Crippen LogP contribution in [-0.4, -0.2) is 78.4 Å². The Kier molecular flexibility index (Phi) is 7.69. The summed E-state index contributed by atoms with van der Waals surface area (Å²) in [6.45, 7) is 9.55. The van der Waals surface area contributed by atoms with E-state index >= 15 is 0 Å². The highest BCUT2D eigenvalue weighted by Gasteiger charge is 2.61. The van der Waals surface area contributed by atoms with Crippen molar-refractivity contribution in [2.45, 2.75) is 71.8 Å². The number of hydrogen-bond acceptors (Lipinski definition) is 4. The van der Waals surface area contributed by atoms with Gasteiger partial charge in [0.15, 0.2) is 5.11 Å². The maximum Gasteiger partial charge on any atom is 0.246 e. The SMILES string of the molecule is CCN(CCCN(C)C)C(=S)NC(=O)C1CC[C@H]2[C@@H]3CCC4N(C)C(=O)C=C[C@]4(C)[C@@H]3CC[C@]12C. The number of nitrogens with zero attached hydrogens (tertiary/aromatic N) is 3. The minimum absolute atomic E-state index is 0.0311. The van der Waals surface area contributed by atoms with Gasteiger partial charge in [-0.15, -0.1) is 0 Å². The van der Waals surface area contributed by atoms with Gasteiger partial charge in [0.05, 0.1) is 0 Å². The van der Waals surface area contributed by atoms with E-state index in [9.17, 15) is 9.59 Å². The fourth-order valence-corrected chi connectivity index (χ4v) is 8.74. The molecule has 0 bridgehead atoms. The molecule has 1 N–H and O–H groups in total. The molecule has 7 atom stereocenters. The highest BCUT2D eigenvalue weighted by Crippen LogP contribution is 2.65. The summed E-state index contributed by atoms with van der Waals surface area (Å²) in [5, 5.41) is 3.74. The predicted octanol–water partition coefficient (Wildman–Crippen LogP) is 3.92. The Morgan fingerprint density at radius 2 is 1.89 bits per heavy atom. The van der Waals surface area contributed by atoms with Crippen LogP contribution in [0, 0.1) is 34.5 Å². The Bertz CT molecular complexity index is 875. The third kappa shape index (κ3) is 4.68. The van der Waals surface area contributed by atoms with Crippen LogP contribution in [0.15, 0.2) is 12.2 Å². The molecular formula is C28H46N4O2S. The van der Waals surface area contributed by atoms with Crippen molar-refractivity contribution in [2.75, 3.05) is 40.8 Å². The first-order valence-corrected chi connectivity index (χ1v) is 14.1. The van der Waals surface area contributed by atoms with Gasteiger partial charge in [-0.3, -0.25) is 9.59 Å². The van der Waals surface area contributed by atoms with Crippen LogP contribution < -0.4 is 5.32 Å². The van der Waals surface area contributed by atoms with E-state index in [-0.39, 0.29) is 28.6 Å². The van der Waals surface area contributed by atoms with Gasteiger partial charge < -0.3 is 20.0 Å². The van der Waals surface area contributed by atoms with Crippen LogP contribution in [0.4, 0.5) is 0 Å². The number of amides is 2. The van der Waals surface area contributed by atoms with E-state index in [1.807, 2.05) is 11.9 Å². The van der Waals surface area contributed by atoms with Crippen LogP contribution in [0.2, 0.25) is 0 Å². The number of rotatable bonds is 6. The van der Waals surface area contributed by atoms with E-state index in [0.29, 0.717) is 28.9 Å². The highest BCUT2D eigenvalue weighted by molar-refractivity contribution is 7.80. The topological polar surface area (TPSA) is 55.9 Å². The summed E-state index contributed by atoms with van der Waals surface area (Å²) in [6, 6.07) is 0.302. The van der Waals surface area contributed by atoms with Gasteiger partial charge in [0.2, 0.25) is 11.8 Å². The van der Waals surface area contributed by atoms with E-state index in [2.05, 4.69) is 56.1 Å². The minimum Gasteiger partial charge on any atom is -0.349 e. The molecule has 2 unspecified atom stereocenters. The maximum atomic E-state index is 13.6. The van der Waals surface area contributed by atoms with E-state index < -0.39 is 0 Å². The Hall–Kier alpha value is -1.47. The van der Waals surface area contributed by atoms with Crippen molar-refractivity contribution in [1.82, 2.24) is 20.0 Å². The maximum absolute atomic E-state index is 13.6. The van der Waals surface area contributed by atoms with Gasteiger partial charge in [-0.05, 0) is 114 Å². The number of carbonyl (C=O) groups excluding carboxylic acids is 2. The Morgan fingerprint density at radius 1 is 1.14 bits per heavy atom. The summed E-state index contributed by atoms with van der Waals surface area (Å²) >= 11 is 5.68. The molecule has 1 aliphatic heterocycles. The zero-order chi connectivity index (χ0) is 25.5. The molecule has 0 saturated heterocycles. The Labute approximate surface area is 217 Å². The summed E-state index contributed by atoms with van der Waals surface area (Å²) in [7, 11) is 6.13. The van der Waals surface area contributed by atoms with Crippen LogP contribution in [-0.2, 0) is 9.59 Å². The van der Waals surface area contributed by atoms with Crippen molar-refractivity contribution in [3.8, 4) is 0 Å². The van der Waals surface area contributed by atoms with Crippen molar-refractivity contribution in [3.63, 3.8) is 0 Å². The first-order chi connectivity index (χ1) is 16.5. The average Bonchev–Trinajstić information content (AvgIpc) is 3.16. The van der Waals surface area contributed by atoms with Crippen LogP contribution in [0.1, 0.15) is 65.7 Å². The number of thiocarbonyl (C=S) groups is 1. The van der Waals surface area contributed by atoms with Crippen LogP contribution in [0.5, 0.6) is 0 Å². The Balaban J connectivity index is 1.44. The lowest BCUT2D eigenvalue weighted by atomic mass is 9.47. The van der Waals surface area contributed by atoms with Crippen molar-refractivity contribution >= 4 is 29.1 Å². The summed E-state index contributed by atoms with van der Waals surface area (Å²) in [5.74, 6) is 2.09. The molecule has 4 aliphatic rings. The second kappa shape index (κ2) is 10.1. The molecule has 3 aliphatic carbocycles. The number of likely N-dealkylation sites (N-methyl/N-ethyl adjacent to an activating group) is 1. The van der Waals surface area contributed by atoms with E-state index in [4.69, 9.17) is 12.2 Å². The smallest absolute Gasteiger partial charge is 0.246 e. The van der Waals surface area contributed by atoms with E-state index in [0.717, 1.165) is 58.2 Å². The first-order valence-electron chi connectivity index (χ1n) is 13.7. The Morgan fingerprint density at radius 3 is 2.57 bits per heavy atom. The van der Waals surface area contributed by atoms with Gasteiger partial charge in [0.1, 0.15) is 0 Å². The molecule has 0 spiro atoms. The number of carbonyl (C=O) groups is 2. The molecule has 3 fully saturated rings. The van der Waals surface area contributed by atoms with Gasteiger partial charge in [0, 0.05) is 37.5 Å². The molecule has 6 nitrogen and oxygen atoms in total.